The lowest BCUT2D eigenvalue weighted by atomic mass is 10.2. The van der Waals surface area contributed by atoms with E-state index in [1.165, 1.54) is 4.52 Å². The van der Waals surface area contributed by atoms with Gasteiger partial charge in [-0.2, -0.15) is 4.98 Å². The van der Waals surface area contributed by atoms with Crippen molar-refractivity contribution in [2.75, 3.05) is 49.5 Å². The van der Waals surface area contributed by atoms with Crippen LogP contribution in [0.1, 0.15) is 28.9 Å². The Labute approximate surface area is 186 Å². The average Bonchev–Trinajstić information content (AvgIpc) is 3.23. The Bertz CT molecular complexity index is 1120. The van der Waals surface area contributed by atoms with Crippen molar-refractivity contribution >= 4 is 29.0 Å². The summed E-state index contributed by atoms with van der Waals surface area (Å²) in [5.74, 6) is -1.03. The molecule has 32 heavy (non-hydrogen) atoms. The molecule has 4 rings (SSSR count). The molecular weight excluding hydrogens is 410 g/mol. The lowest BCUT2D eigenvalue weighted by molar-refractivity contribution is -0.119. The summed E-state index contributed by atoms with van der Waals surface area (Å²) in [6.07, 6.45) is 0. The van der Waals surface area contributed by atoms with E-state index in [4.69, 9.17) is 4.74 Å². The number of aryl methyl sites for hydroxylation is 2. The molecule has 10 heteroatoms. The zero-order valence-electron chi connectivity index (χ0n) is 18.5. The number of hydrogen-bond donors (Lipinski definition) is 1. The number of carbonyl (C=O) groups is 2. The van der Waals surface area contributed by atoms with Gasteiger partial charge in [0.15, 0.2) is 6.61 Å². The van der Waals surface area contributed by atoms with Crippen molar-refractivity contribution in [3.05, 3.63) is 47.5 Å². The fraction of sp³-hybridized carbons (Fsp3) is 0.409. The van der Waals surface area contributed by atoms with Gasteiger partial charge in [-0.3, -0.25) is 4.79 Å². The van der Waals surface area contributed by atoms with Gasteiger partial charge >= 0.3 is 5.97 Å². The highest BCUT2D eigenvalue weighted by Gasteiger charge is 2.18. The van der Waals surface area contributed by atoms with E-state index in [2.05, 4.69) is 37.1 Å². The molecule has 1 amide bonds. The Kier molecular flexibility index (Phi) is 6.31. The van der Waals surface area contributed by atoms with Gasteiger partial charge in [0, 0.05) is 48.9 Å². The minimum Gasteiger partial charge on any atom is -0.450 e. The second kappa shape index (κ2) is 9.31. The minimum absolute atomic E-state index is 0.133. The van der Waals surface area contributed by atoms with Crippen molar-refractivity contribution in [1.29, 1.82) is 0 Å². The van der Waals surface area contributed by atoms with E-state index in [-0.39, 0.29) is 5.82 Å². The fourth-order valence-electron chi connectivity index (χ4n) is 3.72. The normalized spacial score (nSPS) is 14.5. The van der Waals surface area contributed by atoms with Gasteiger partial charge in [-0.25, -0.2) is 14.3 Å². The average molecular weight is 438 g/mol. The van der Waals surface area contributed by atoms with Gasteiger partial charge in [0.1, 0.15) is 0 Å². The molecule has 1 fully saturated rings. The number of hydrogen-bond acceptors (Lipinski definition) is 8. The van der Waals surface area contributed by atoms with E-state index in [0.717, 1.165) is 49.8 Å². The molecule has 3 aromatic rings. The Morgan fingerprint density at radius 3 is 2.47 bits per heavy atom. The van der Waals surface area contributed by atoms with Crippen molar-refractivity contribution in [2.24, 2.45) is 0 Å². The number of carbonyl (C=O) groups excluding carboxylic acids is 2. The lowest BCUT2D eigenvalue weighted by Crippen LogP contribution is -2.46. The van der Waals surface area contributed by atoms with Crippen LogP contribution in [-0.2, 0) is 9.53 Å². The molecule has 168 valence electrons. The van der Waals surface area contributed by atoms with E-state index >= 15 is 0 Å². The first-order chi connectivity index (χ1) is 15.4. The summed E-state index contributed by atoms with van der Waals surface area (Å²) in [4.78, 5) is 37.5. The molecule has 0 atom stereocenters. The van der Waals surface area contributed by atoms with Crippen LogP contribution in [0.3, 0.4) is 0 Å². The number of nitrogens with one attached hydrogen (secondary N) is 1. The number of nitrogens with zero attached hydrogens (tertiary/aromatic N) is 6. The molecule has 0 radical (unpaired) electrons. The number of fused-ring (bicyclic) bond motifs is 1. The molecule has 0 bridgehead atoms. The molecular formula is C22H27N7O3. The van der Waals surface area contributed by atoms with Crippen molar-refractivity contribution < 1.29 is 14.3 Å². The number of ether oxygens (including phenoxy) is 1. The van der Waals surface area contributed by atoms with Gasteiger partial charge in [-0.15, -0.1) is 5.10 Å². The van der Waals surface area contributed by atoms with E-state index < -0.39 is 18.5 Å². The number of likely N-dealkylation sites (N-methyl/N-ethyl adjacent to an activating group) is 1. The second-order valence-corrected chi connectivity index (χ2v) is 7.78. The van der Waals surface area contributed by atoms with Gasteiger partial charge in [-0.05, 0) is 50.7 Å². The SMILES string of the molecule is CCN1CCN(c2ccc(NC(=O)COC(=O)c3nc4nc(C)cc(C)n4n3)cc2)CC1. The third-order valence-corrected chi connectivity index (χ3v) is 5.47. The Morgan fingerprint density at radius 2 is 1.78 bits per heavy atom. The van der Waals surface area contributed by atoms with Gasteiger partial charge in [-0.1, -0.05) is 6.92 Å². The molecule has 1 aliphatic rings. The Hall–Kier alpha value is -3.53. The Morgan fingerprint density at radius 1 is 1.06 bits per heavy atom. The summed E-state index contributed by atoms with van der Waals surface area (Å²) in [5.41, 5.74) is 3.34. The fourth-order valence-corrected chi connectivity index (χ4v) is 3.72. The monoisotopic (exact) mass is 437 g/mol. The number of esters is 1. The van der Waals surface area contributed by atoms with Crippen molar-refractivity contribution in [1.82, 2.24) is 24.5 Å². The zero-order valence-corrected chi connectivity index (χ0v) is 18.5. The third-order valence-electron chi connectivity index (χ3n) is 5.47. The summed E-state index contributed by atoms with van der Waals surface area (Å²) < 4.78 is 6.54. The predicted octanol–water partition coefficient (Wildman–Crippen LogP) is 1.68. The van der Waals surface area contributed by atoms with Gasteiger partial charge in [0.25, 0.3) is 17.5 Å². The van der Waals surface area contributed by atoms with Crippen LogP contribution >= 0.6 is 0 Å². The number of benzene rings is 1. The first-order valence-corrected chi connectivity index (χ1v) is 10.7. The summed E-state index contributed by atoms with van der Waals surface area (Å²) in [5, 5.41) is 6.85. The van der Waals surface area contributed by atoms with Crippen LogP contribution in [0, 0.1) is 13.8 Å². The first kappa shape index (κ1) is 21.7. The topological polar surface area (TPSA) is 105 Å². The molecule has 0 spiro atoms. The van der Waals surface area contributed by atoms with Crippen LogP contribution in [-0.4, -0.2) is 75.7 Å². The van der Waals surface area contributed by atoms with Crippen LogP contribution < -0.4 is 10.2 Å². The molecule has 1 aliphatic heterocycles. The number of rotatable bonds is 6. The van der Waals surface area contributed by atoms with Crippen LogP contribution in [0.25, 0.3) is 5.78 Å². The highest BCUT2D eigenvalue weighted by molar-refractivity contribution is 5.94. The predicted molar refractivity (Wildman–Crippen MR) is 120 cm³/mol. The molecule has 3 heterocycles. The zero-order chi connectivity index (χ0) is 22.7. The highest BCUT2D eigenvalue weighted by atomic mass is 16.5. The molecule has 1 N–H and O–H groups in total. The largest absolute Gasteiger partial charge is 0.450 e. The summed E-state index contributed by atoms with van der Waals surface area (Å²) in [7, 11) is 0. The molecule has 0 unspecified atom stereocenters. The number of anilines is 2. The van der Waals surface area contributed by atoms with Gasteiger partial charge < -0.3 is 19.9 Å². The third kappa shape index (κ3) is 4.86. The summed E-state index contributed by atoms with van der Waals surface area (Å²) >= 11 is 0. The van der Waals surface area contributed by atoms with Crippen molar-refractivity contribution in [3.63, 3.8) is 0 Å². The molecule has 1 aromatic carbocycles. The van der Waals surface area contributed by atoms with Crippen molar-refractivity contribution in [3.8, 4) is 0 Å². The summed E-state index contributed by atoms with van der Waals surface area (Å²) in [6, 6.07) is 9.51. The Balaban J connectivity index is 1.29. The molecule has 0 aliphatic carbocycles. The maximum Gasteiger partial charge on any atom is 0.378 e. The van der Waals surface area contributed by atoms with E-state index in [1.54, 1.807) is 0 Å². The minimum atomic E-state index is -0.774. The quantitative estimate of drug-likeness (QED) is 0.581. The maximum atomic E-state index is 12.3. The molecule has 2 aromatic heterocycles. The lowest BCUT2D eigenvalue weighted by Gasteiger charge is -2.35. The molecule has 0 saturated carbocycles. The van der Waals surface area contributed by atoms with Crippen molar-refractivity contribution in [2.45, 2.75) is 20.8 Å². The second-order valence-electron chi connectivity index (χ2n) is 7.78. The number of amides is 1. The van der Waals surface area contributed by atoms with Crippen LogP contribution in [0.5, 0.6) is 0 Å². The van der Waals surface area contributed by atoms with Crippen LogP contribution in [0.2, 0.25) is 0 Å². The van der Waals surface area contributed by atoms with Gasteiger partial charge in [0.05, 0.1) is 0 Å². The maximum absolute atomic E-state index is 12.3. The number of piperazine rings is 1. The molecule has 10 nitrogen and oxygen atoms in total. The van der Waals surface area contributed by atoms with Crippen LogP contribution in [0.15, 0.2) is 30.3 Å². The van der Waals surface area contributed by atoms with E-state index in [0.29, 0.717) is 11.5 Å². The van der Waals surface area contributed by atoms with Crippen LogP contribution in [0.4, 0.5) is 11.4 Å². The summed E-state index contributed by atoms with van der Waals surface area (Å²) in [6.45, 7) is 10.6. The van der Waals surface area contributed by atoms with E-state index in [9.17, 15) is 9.59 Å². The van der Waals surface area contributed by atoms with E-state index in [1.807, 2.05) is 44.2 Å². The highest BCUT2D eigenvalue weighted by Crippen LogP contribution is 2.19. The number of aromatic nitrogens is 4. The standard InChI is InChI=1S/C22H27N7O3/c1-4-27-9-11-28(12-10-27)18-7-5-17(6-8-18)24-19(30)14-32-21(31)20-25-22-23-15(2)13-16(3)29(22)26-20/h5-8,13H,4,9-12,14H2,1-3H3,(H,24,30). The van der Waals surface area contributed by atoms with Gasteiger partial charge in [0.2, 0.25) is 0 Å². The smallest absolute Gasteiger partial charge is 0.378 e. The first-order valence-electron chi connectivity index (χ1n) is 10.7. The molecule has 1 saturated heterocycles.